The number of nitrogens with zero attached hydrogens (tertiary/aromatic N) is 2. The molecule has 1 fully saturated rings. The molecule has 1 aromatic heterocycles. The molecule has 3 aromatic rings. The third kappa shape index (κ3) is 2.89. The Balaban J connectivity index is 1.80. The number of amides is 4. The van der Waals surface area contributed by atoms with Gasteiger partial charge in [-0.2, -0.15) is 0 Å². The fraction of sp³-hybridized carbons (Fsp3) is 0.136. The highest BCUT2D eigenvalue weighted by Crippen LogP contribution is 2.26. The normalized spacial score (nSPS) is 16.1. The molecule has 4 rings (SSSR count). The number of para-hydroxylation sites is 1. The number of urea groups is 1. The minimum Gasteiger partial charge on any atom is -0.347 e. The van der Waals surface area contributed by atoms with Gasteiger partial charge in [0.1, 0.15) is 5.57 Å². The lowest BCUT2D eigenvalue weighted by molar-refractivity contribution is -0.122. The van der Waals surface area contributed by atoms with Crippen molar-refractivity contribution in [2.45, 2.75) is 20.4 Å². The van der Waals surface area contributed by atoms with Crippen LogP contribution in [0.15, 0.2) is 60.3 Å². The van der Waals surface area contributed by atoms with Crippen molar-refractivity contribution in [3.05, 3.63) is 71.4 Å². The van der Waals surface area contributed by atoms with E-state index in [1.807, 2.05) is 56.4 Å². The summed E-state index contributed by atoms with van der Waals surface area (Å²) < 4.78 is 2.05. The van der Waals surface area contributed by atoms with E-state index in [1.165, 1.54) is 0 Å². The van der Waals surface area contributed by atoms with E-state index in [4.69, 9.17) is 0 Å². The summed E-state index contributed by atoms with van der Waals surface area (Å²) in [5.74, 6) is -1.32. The van der Waals surface area contributed by atoms with Gasteiger partial charge in [0.05, 0.1) is 5.69 Å². The Labute approximate surface area is 162 Å². The fourth-order valence-electron chi connectivity index (χ4n) is 3.39. The number of imide groups is 2. The monoisotopic (exact) mass is 373 g/mol. The van der Waals surface area contributed by atoms with Crippen LogP contribution >= 0.6 is 0 Å². The van der Waals surface area contributed by atoms with E-state index in [2.05, 4.69) is 9.88 Å². The van der Waals surface area contributed by atoms with Crippen molar-refractivity contribution in [1.82, 2.24) is 9.88 Å². The number of fused-ring (bicyclic) bond motifs is 1. The number of benzene rings is 2. The van der Waals surface area contributed by atoms with Crippen LogP contribution in [0.4, 0.5) is 10.5 Å². The third-order valence-corrected chi connectivity index (χ3v) is 4.85. The molecule has 1 N–H and O–H groups in total. The number of nitrogens with one attached hydrogen (secondary N) is 1. The third-order valence-electron chi connectivity index (χ3n) is 4.85. The Morgan fingerprint density at radius 2 is 1.71 bits per heavy atom. The molecule has 0 aliphatic carbocycles. The molecule has 2 heterocycles. The maximum absolute atomic E-state index is 13.0. The smallest absolute Gasteiger partial charge is 0.335 e. The highest BCUT2D eigenvalue weighted by Gasteiger charge is 2.36. The number of rotatable bonds is 3. The summed E-state index contributed by atoms with van der Waals surface area (Å²) >= 11 is 0. The molecule has 140 valence electrons. The van der Waals surface area contributed by atoms with E-state index in [-0.39, 0.29) is 5.57 Å². The molecule has 1 aliphatic rings. The zero-order valence-electron chi connectivity index (χ0n) is 15.6. The first kappa shape index (κ1) is 17.7. The fourth-order valence-corrected chi connectivity index (χ4v) is 3.39. The van der Waals surface area contributed by atoms with E-state index in [1.54, 1.807) is 18.2 Å². The molecule has 2 aromatic carbocycles. The minimum absolute atomic E-state index is 0.0702. The first-order chi connectivity index (χ1) is 13.5. The van der Waals surface area contributed by atoms with Crippen LogP contribution < -0.4 is 10.2 Å². The minimum atomic E-state index is -0.744. The maximum Gasteiger partial charge on any atom is 0.335 e. The Bertz CT molecular complexity index is 1140. The van der Waals surface area contributed by atoms with Crippen LogP contribution in [-0.2, 0) is 16.1 Å². The van der Waals surface area contributed by atoms with Crippen LogP contribution in [0.5, 0.6) is 0 Å². The van der Waals surface area contributed by atoms with Gasteiger partial charge in [-0.3, -0.25) is 14.9 Å². The first-order valence-electron chi connectivity index (χ1n) is 9.05. The zero-order valence-corrected chi connectivity index (χ0v) is 15.6. The molecule has 1 saturated heterocycles. The van der Waals surface area contributed by atoms with Crippen LogP contribution in [0.25, 0.3) is 17.0 Å². The molecule has 0 atom stereocenters. The van der Waals surface area contributed by atoms with Gasteiger partial charge < -0.3 is 4.57 Å². The lowest BCUT2D eigenvalue weighted by Gasteiger charge is -2.26. The van der Waals surface area contributed by atoms with Gasteiger partial charge >= 0.3 is 6.03 Å². The molecule has 28 heavy (non-hydrogen) atoms. The summed E-state index contributed by atoms with van der Waals surface area (Å²) in [7, 11) is 0. The van der Waals surface area contributed by atoms with Crippen LogP contribution in [0.1, 0.15) is 18.1 Å². The molecular weight excluding hydrogens is 354 g/mol. The van der Waals surface area contributed by atoms with Crippen molar-refractivity contribution in [3.8, 4) is 0 Å². The lowest BCUT2D eigenvalue weighted by Crippen LogP contribution is -2.54. The number of barbiturate groups is 1. The molecular formula is C22H19N3O3. The second-order valence-electron chi connectivity index (χ2n) is 6.68. The number of carbonyl (C=O) groups excluding carboxylic acids is 3. The van der Waals surface area contributed by atoms with E-state index in [9.17, 15) is 14.4 Å². The van der Waals surface area contributed by atoms with Gasteiger partial charge in [-0.1, -0.05) is 35.9 Å². The average molecular weight is 373 g/mol. The van der Waals surface area contributed by atoms with Gasteiger partial charge in [-0.15, -0.1) is 0 Å². The van der Waals surface area contributed by atoms with Crippen molar-refractivity contribution in [1.29, 1.82) is 0 Å². The van der Waals surface area contributed by atoms with Gasteiger partial charge in [0.2, 0.25) is 0 Å². The molecule has 0 unspecified atom stereocenters. The summed E-state index contributed by atoms with van der Waals surface area (Å²) in [5.41, 5.74) is 3.13. The summed E-state index contributed by atoms with van der Waals surface area (Å²) in [6.45, 7) is 4.71. The predicted octanol–water partition coefficient (Wildman–Crippen LogP) is 3.64. The number of anilines is 1. The Kier molecular flexibility index (Phi) is 4.31. The second-order valence-corrected chi connectivity index (χ2v) is 6.68. The highest BCUT2D eigenvalue weighted by molar-refractivity contribution is 6.39. The van der Waals surface area contributed by atoms with Crippen molar-refractivity contribution >= 4 is 40.5 Å². The zero-order chi connectivity index (χ0) is 19.8. The van der Waals surface area contributed by atoms with Crippen LogP contribution in [0.2, 0.25) is 0 Å². The number of hydrogen-bond donors (Lipinski definition) is 1. The van der Waals surface area contributed by atoms with Crippen molar-refractivity contribution < 1.29 is 14.4 Å². The van der Waals surface area contributed by atoms with Crippen LogP contribution in [-0.4, -0.2) is 22.4 Å². The van der Waals surface area contributed by atoms with E-state index in [0.717, 1.165) is 33.5 Å². The molecule has 0 spiro atoms. The molecule has 0 saturated carbocycles. The van der Waals surface area contributed by atoms with Crippen molar-refractivity contribution in [2.75, 3.05) is 4.90 Å². The first-order valence-corrected chi connectivity index (χ1v) is 9.05. The predicted molar refractivity (Wildman–Crippen MR) is 108 cm³/mol. The summed E-state index contributed by atoms with van der Waals surface area (Å²) in [4.78, 5) is 38.7. The van der Waals surface area contributed by atoms with Gasteiger partial charge in [0.15, 0.2) is 0 Å². The number of hydrogen-bond acceptors (Lipinski definition) is 3. The molecule has 6 heteroatoms. The maximum atomic E-state index is 13.0. The Morgan fingerprint density at radius 3 is 2.43 bits per heavy atom. The molecule has 0 bridgehead atoms. The average Bonchev–Trinajstić information content (AvgIpc) is 3.04. The topological polar surface area (TPSA) is 71.4 Å². The van der Waals surface area contributed by atoms with Gasteiger partial charge in [-0.05, 0) is 38.1 Å². The lowest BCUT2D eigenvalue weighted by atomic mass is 10.1. The number of carbonyl (C=O) groups is 3. The van der Waals surface area contributed by atoms with Crippen LogP contribution in [0, 0.1) is 6.92 Å². The highest BCUT2D eigenvalue weighted by atomic mass is 16.2. The van der Waals surface area contributed by atoms with E-state index >= 15 is 0 Å². The molecule has 0 radical (unpaired) electrons. The van der Waals surface area contributed by atoms with Gasteiger partial charge in [0.25, 0.3) is 11.8 Å². The van der Waals surface area contributed by atoms with Crippen LogP contribution in [0.3, 0.4) is 0 Å². The summed E-state index contributed by atoms with van der Waals surface area (Å²) in [6.07, 6.45) is 3.46. The Hall–Kier alpha value is -3.67. The molecule has 6 nitrogen and oxygen atoms in total. The Morgan fingerprint density at radius 1 is 1.00 bits per heavy atom. The standard InChI is InChI=1S/C22H19N3O3/c1-3-24-13-15(17-6-4-5-7-19(17)24)12-18-20(26)23-22(28)25(21(18)27)16-10-8-14(2)9-11-16/h4-13H,3H2,1-2H3,(H,23,26,28)/b18-12+. The number of aryl methyl sites for hydroxylation is 2. The second kappa shape index (κ2) is 6.81. The largest absolute Gasteiger partial charge is 0.347 e. The van der Waals surface area contributed by atoms with Crippen molar-refractivity contribution in [3.63, 3.8) is 0 Å². The molecule has 4 amide bonds. The summed E-state index contributed by atoms with van der Waals surface area (Å²) in [6, 6.07) is 14.0. The van der Waals surface area contributed by atoms with E-state index in [0.29, 0.717) is 5.69 Å². The molecule has 1 aliphatic heterocycles. The number of aromatic nitrogens is 1. The quantitative estimate of drug-likeness (QED) is 0.563. The summed E-state index contributed by atoms with van der Waals surface area (Å²) in [5, 5.41) is 3.21. The SMILES string of the molecule is CCn1cc(/C=C2\C(=O)NC(=O)N(c3ccc(C)cc3)C2=O)c2ccccc21. The van der Waals surface area contributed by atoms with Gasteiger partial charge in [-0.25, -0.2) is 9.69 Å². The van der Waals surface area contributed by atoms with Gasteiger partial charge in [0, 0.05) is 29.2 Å². The van der Waals surface area contributed by atoms with Crippen molar-refractivity contribution in [2.24, 2.45) is 0 Å². The van der Waals surface area contributed by atoms with E-state index < -0.39 is 17.8 Å².